The number of aliphatic carboxylic acids is 1. The second-order valence-corrected chi connectivity index (χ2v) is 4.49. The molecule has 1 aromatic rings. The lowest BCUT2D eigenvalue weighted by atomic mass is 10.1. The lowest BCUT2D eigenvalue weighted by Gasteiger charge is -2.12. The van der Waals surface area contributed by atoms with Crippen molar-refractivity contribution in [1.29, 1.82) is 0 Å². The molecule has 0 saturated heterocycles. The number of halogens is 1. The Kier molecular flexibility index (Phi) is 4.34. The molecule has 1 aromatic carbocycles. The third kappa shape index (κ3) is 3.81. The Morgan fingerprint density at radius 3 is 2.85 bits per heavy atom. The Labute approximate surface area is 115 Å². The molecule has 0 aromatic heterocycles. The van der Waals surface area contributed by atoms with Gasteiger partial charge < -0.3 is 15.2 Å². The first kappa shape index (κ1) is 14.0. The van der Waals surface area contributed by atoms with E-state index in [1.807, 2.05) is 0 Å². The summed E-state index contributed by atoms with van der Waals surface area (Å²) in [6.45, 7) is -0.245. The van der Waals surface area contributed by atoms with Crippen LogP contribution in [0.1, 0.15) is 6.42 Å². The number of ether oxygens (including phenoxy) is 1. The van der Waals surface area contributed by atoms with E-state index in [1.165, 1.54) is 18.2 Å². The molecule has 1 aliphatic rings. The molecule has 20 heavy (non-hydrogen) atoms. The molecule has 0 bridgehead atoms. The molecule has 2 N–H and O–H groups in total. The largest absolute Gasteiger partial charge is 0.484 e. The molecule has 5 nitrogen and oxygen atoms in total. The highest BCUT2D eigenvalue weighted by Crippen LogP contribution is 2.18. The van der Waals surface area contributed by atoms with Gasteiger partial charge in [-0.3, -0.25) is 9.59 Å². The van der Waals surface area contributed by atoms with Crippen LogP contribution in [0.25, 0.3) is 0 Å². The van der Waals surface area contributed by atoms with Gasteiger partial charge in [0.25, 0.3) is 5.91 Å². The van der Waals surface area contributed by atoms with Crippen molar-refractivity contribution in [3.05, 3.63) is 42.2 Å². The molecule has 0 spiro atoms. The summed E-state index contributed by atoms with van der Waals surface area (Å²) in [5.74, 6) is -2.02. The Bertz CT molecular complexity index is 544. The van der Waals surface area contributed by atoms with E-state index in [0.29, 0.717) is 6.42 Å². The van der Waals surface area contributed by atoms with Crippen molar-refractivity contribution in [2.24, 2.45) is 5.92 Å². The number of nitrogens with one attached hydrogen (secondary N) is 1. The molecule has 0 aliphatic heterocycles. The number of amides is 1. The Hall–Kier alpha value is -2.37. The van der Waals surface area contributed by atoms with Crippen LogP contribution < -0.4 is 10.1 Å². The van der Waals surface area contributed by atoms with E-state index >= 15 is 0 Å². The minimum atomic E-state index is -0.908. The number of rotatable bonds is 5. The smallest absolute Gasteiger partial charge is 0.310 e. The van der Waals surface area contributed by atoms with Gasteiger partial charge in [-0.15, -0.1) is 0 Å². The summed E-state index contributed by atoms with van der Waals surface area (Å²) in [7, 11) is 0. The number of benzene rings is 1. The van der Waals surface area contributed by atoms with Crippen LogP contribution in [0.4, 0.5) is 4.39 Å². The van der Waals surface area contributed by atoms with Gasteiger partial charge in [0.15, 0.2) is 6.61 Å². The van der Waals surface area contributed by atoms with Gasteiger partial charge in [0.1, 0.15) is 11.6 Å². The normalized spacial score (nSPS) is 20.6. The fraction of sp³-hybridized carbons (Fsp3) is 0.286. The van der Waals surface area contributed by atoms with Gasteiger partial charge in [-0.1, -0.05) is 18.2 Å². The zero-order valence-corrected chi connectivity index (χ0v) is 10.6. The molecule has 0 radical (unpaired) electrons. The first-order valence-corrected chi connectivity index (χ1v) is 6.13. The molecule has 0 saturated carbocycles. The van der Waals surface area contributed by atoms with Crippen LogP contribution in [0.15, 0.2) is 36.4 Å². The van der Waals surface area contributed by atoms with Crippen molar-refractivity contribution in [2.45, 2.75) is 12.5 Å². The van der Waals surface area contributed by atoms with E-state index < -0.39 is 17.7 Å². The first-order chi connectivity index (χ1) is 9.54. The number of carbonyl (C=O) groups is 2. The summed E-state index contributed by atoms with van der Waals surface area (Å²) in [4.78, 5) is 22.4. The molecule has 2 atom stereocenters. The van der Waals surface area contributed by atoms with Crippen LogP contribution >= 0.6 is 0 Å². The molecule has 6 heteroatoms. The van der Waals surface area contributed by atoms with Gasteiger partial charge >= 0.3 is 5.97 Å². The number of carboxylic acid groups (broad SMARTS) is 1. The third-order valence-electron chi connectivity index (χ3n) is 2.91. The van der Waals surface area contributed by atoms with Gasteiger partial charge in [-0.25, -0.2) is 4.39 Å². The average Bonchev–Trinajstić information content (AvgIpc) is 2.85. The van der Waals surface area contributed by atoms with Crippen LogP contribution in [0.2, 0.25) is 0 Å². The average molecular weight is 279 g/mol. The van der Waals surface area contributed by atoms with Crippen LogP contribution in [0.3, 0.4) is 0 Å². The first-order valence-electron chi connectivity index (χ1n) is 6.13. The highest BCUT2D eigenvalue weighted by molar-refractivity contribution is 5.79. The molecular weight excluding hydrogens is 265 g/mol. The number of hydrogen-bond donors (Lipinski definition) is 2. The Morgan fingerprint density at radius 2 is 2.20 bits per heavy atom. The van der Waals surface area contributed by atoms with Crippen molar-refractivity contribution in [3.63, 3.8) is 0 Å². The van der Waals surface area contributed by atoms with Crippen molar-refractivity contribution in [1.82, 2.24) is 5.32 Å². The van der Waals surface area contributed by atoms with Crippen LogP contribution in [-0.4, -0.2) is 29.6 Å². The minimum absolute atomic E-state index is 0.245. The van der Waals surface area contributed by atoms with Crippen LogP contribution in [-0.2, 0) is 9.59 Å². The quantitative estimate of drug-likeness (QED) is 0.798. The monoisotopic (exact) mass is 279 g/mol. The van der Waals surface area contributed by atoms with E-state index in [4.69, 9.17) is 9.84 Å². The van der Waals surface area contributed by atoms with Crippen molar-refractivity contribution in [3.8, 4) is 5.75 Å². The summed E-state index contributed by atoms with van der Waals surface area (Å²) >= 11 is 0. The maximum Gasteiger partial charge on any atom is 0.310 e. The van der Waals surface area contributed by atoms with E-state index in [0.717, 1.165) is 0 Å². The number of carboxylic acids is 1. The number of carbonyl (C=O) groups excluding carboxylic acids is 1. The molecule has 2 rings (SSSR count). The maximum absolute atomic E-state index is 12.9. The zero-order valence-electron chi connectivity index (χ0n) is 10.6. The van der Waals surface area contributed by atoms with E-state index in [1.54, 1.807) is 18.2 Å². The Morgan fingerprint density at radius 1 is 1.40 bits per heavy atom. The van der Waals surface area contributed by atoms with Crippen molar-refractivity contribution in [2.75, 3.05) is 6.61 Å². The van der Waals surface area contributed by atoms with E-state index in [2.05, 4.69) is 5.32 Å². The predicted octanol–water partition coefficient (Wildman–Crippen LogP) is 1.35. The van der Waals surface area contributed by atoms with Gasteiger partial charge in [0.2, 0.25) is 0 Å². The van der Waals surface area contributed by atoms with Gasteiger partial charge in [0, 0.05) is 12.1 Å². The summed E-state index contributed by atoms with van der Waals surface area (Å²) in [5.41, 5.74) is 0. The van der Waals surface area contributed by atoms with Gasteiger partial charge in [0.05, 0.1) is 5.92 Å². The van der Waals surface area contributed by atoms with Gasteiger partial charge in [-0.05, 0) is 18.6 Å². The summed E-state index contributed by atoms with van der Waals surface area (Å²) < 4.78 is 18.0. The molecule has 0 fully saturated rings. The second-order valence-electron chi connectivity index (χ2n) is 4.49. The lowest BCUT2D eigenvalue weighted by molar-refractivity contribution is -0.140. The summed E-state index contributed by atoms with van der Waals surface area (Å²) in [6.07, 6.45) is 3.54. The SMILES string of the molecule is O=C(COc1cccc(F)c1)NC1C=CC(C(=O)O)C1. The molecular formula is C14H14FNO4. The zero-order chi connectivity index (χ0) is 14.5. The fourth-order valence-electron chi connectivity index (χ4n) is 1.94. The predicted molar refractivity (Wildman–Crippen MR) is 68.7 cm³/mol. The summed E-state index contributed by atoms with van der Waals surface area (Å²) in [5, 5.41) is 11.5. The highest BCUT2D eigenvalue weighted by Gasteiger charge is 2.25. The highest BCUT2D eigenvalue weighted by atomic mass is 19.1. The fourth-order valence-corrected chi connectivity index (χ4v) is 1.94. The molecule has 0 heterocycles. The molecule has 106 valence electrons. The van der Waals surface area contributed by atoms with Gasteiger partial charge in [-0.2, -0.15) is 0 Å². The van der Waals surface area contributed by atoms with Crippen LogP contribution in [0, 0.1) is 11.7 Å². The van der Waals surface area contributed by atoms with Crippen molar-refractivity contribution >= 4 is 11.9 Å². The standard InChI is InChI=1S/C14H14FNO4/c15-10-2-1-3-12(7-10)20-8-13(17)16-11-5-4-9(6-11)14(18)19/h1-5,7,9,11H,6,8H2,(H,16,17)(H,18,19). The third-order valence-corrected chi connectivity index (χ3v) is 2.91. The topological polar surface area (TPSA) is 75.6 Å². The molecule has 1 aliphatic carbocycles. The second kappa shape index (κ2) is 6.18. The van der Waals surface area contributed by atoms with Crippen LogP contribution in [0.5, 0.6) is 5.75 Å². The lowest BCUT2D eigenvalue weighted by Crippen LogP contribution is -2.36. The number of hydrogen-bond acceptors (Lipinski definition) is 3. The maximum atomic E-state index is 12.9. The molecule has 2 unspecified atom stereocenters. The minimum Gasteiger partial charge on any atom is -0.484 e. The molecule has 1 amide bonds. The van der Waals surface area contributed by atoms with E-state index in [9.17, 15) is 14.0 Å². The Balaban J connectivity index is 1.77. The van der Waals surface area contributed by atoms with Crippen molar-refractivity contribution < 1.29 is 23.8 Å². The summed E-state index contributed by atoms with van der Waals surface area (Å²) in [6, 6.07) is 5.19. The van der Waals surface area contributed by atoms with E-state index in [-0.39, 0.29) is 24.3 Å².